The Morgan fingerprint density at radius 2 is 1.72 bits per heavy atom. The number of rotatable bonds is 4. The van der Waals surface area contributed by atoms with E-state index in [9.17, 15) is 0 Å². The molecule has 0 bridgehead atoms. The van der Waals surface area contributed by atoms with Crippen LogP contribution in [0.25, 0.3) is 0 Å². The van der Waals surface area contributed by atoms with Crippen LogP contribution < -0.4 is 5.43 Å². The highest BCUT2D eigenvalue weighted by Crippen LogP contribution is 2.32. The zero-order valence-electron chi connectivity index (χ0n) is 14.0. The van der Waals surface area contributed by atoms with Crippen molar-refractivity contribution in [2.24, 2.45) is 5.10 Å². The molecule has 132 valence electrons. The minimum absolute atomic E-state index is 0.193. The fraction of sp³-hybridized carbons (Fsp3) is 0.368. The van der Waals surface area contributed by atoms with Gasteiger partial charge in [0.1, 0.15) is 5.15 Å². The van der Waals surface area contributed by atoms with E-state index in [2.05, 4.69) is 39.8 Å². The van der Waals surface area contributed by atoms with Crippen LogP contribution in [-0.4, -0.2) is 10.7 Å². The second-order valence-electron chi connectivity index (χ2n) is 6.36. The van der Waals surface area contributed by atoms with E-state index in [0.717, 1.165) is 11.3 Å². The van der Waals surface area contributed by atoms with Gasteiger partial charge in [-0.25, -0.2) is 4.98 Å². The SMILES string of the molecule is C/C(=N\Nc1nc(Cl)c(Cl)cc1Cl)c1ccc(C2CCCCC2)cc1. The van der Waals surface area contributed by atoms with Crippen LogP contribution >= 0.6 is 34.8 Å². The number of hydrazone groups is 1. The van der Waals surface area contributed by atoms with Gasteiger partial charge in [-0.3, -0.25) is 5.43 Å². The third-order valence-electron chi connectivity index (χ3n) is 4.62. The number of hydrogen-bond acceptors (Lipinski definition) is 3. The molecule has 0 atom stereocenters. The van der Waals surface area contributed by atoms with Crippen LogP contribution in [0, 0.1) is 0 Å². The van der Waals surface area contributed by atoms with E-state index in [0.29, 0.717) is 21.8 Å². The summed E-state index contributed by atoms with van der Waals surface area (Å²) in [7, 11) is 0. The number of pyridine rings is 1. The predicted molar refractivity (Wildman–Crippen MR) is 107 cm³/mol. The molecule has 1 aromatic heterocycles. The molecule has 2 aromatic rings. The lowest BCUT2D eigenvalue weighted by atomic mass is 9.84. The summed E-state index contributed by atoms with van der Waals surface area (Å²) in [6.07, 6.45) is 6.66. The van der Waals surface area contributed by atoms with Crippen molar-refractivity contribution in [1.29, 1.82) is 0 Å². The number of anilines is 1. The number of aromatic nitrogens is 1. The Balaban J connectivity index is 1.71. The summed E-state index contributed by atoms with van der Waals surface area (Å²) < 4.78 is 0. The summed E-state index contributed by atoms with van der Waals surface area (Å²) >= 11 is 17.9. The Hall–Kier alpha value is -1.29. The molecular formula is C19H20Cl3N3. The standard InChI is InChI=1S/C19H20Cl3N3/c1-12(24-25-19-17(21)11-16(20)18(22)23-19)13-7-9-15(10-8-13)14-5-3-2-4-6-14/h7-11,14H,2-6H2,1H3,(H,23,25)/b24-12+. The highest BCUT2D eigenvalue weighted by atomic mass is 35.5. The van der Waals surface area contributed by atoms with Crippen molar-refractivity contribution in [2.45, 2.75) is 44.9 Å². The molecule has 0 radical (unpaired) electrons. The Bertz CT molecular complexity index is 766. The zero-order chi connectivity index (χ0) is 17.8. The van der Waals surface area contributed by atoms with Crippen LogP contribution in [0.2, 0.25) is 15.2 Å². The zero-order valence-corrected chi connectivity index (χ0v) is 16.3. The first-order chi connectivity index (χ1) is 12.0. The smallest absolute Gasteiger partial charge is 0.166 e. The molecule has 1 aromatic carbocycles. The van der Waals surface area contributed by atoms with Gasteiger partial charge in [0, 0.05) is 0 Å². The molecule has 1 N–H and O–H groups in total. The number of benzene rings is 1. The second-order valence-corrected chi connectivity index (χ2v) is 7.53. The van der Waals surface area contributed by atoms with Gasteiger partial charge >= 0.3 is 0 Å². The molecule has 1 aliphatic carbocycles. The summed E-state index contributed by atoms with van der Waals surface area (Å²) in [5, 5.41) is 5.24. The van der Waals surface area contributed by atoms with E-state index in [1.54, 1.807) is 6.07 Å². The molecule has 0 saturated heterocycles. The van der Waals surface area contributed by atoms with Crippen LogP contribution in [0.1, 0.15) is 56.1 Å². The van der Waals surface area contributed by atoms with E-state index in [4.69, 9.17) is 34.8 Å². The molecule has 0 aliphatic heterocycles. The summed E-state index contributed by atoms with van der Waals surface area (Å²) in [5.74, 6) is 1.09. The molecule has 25 heavy (non-hydrogen) atoms. The van der Waals surface area contributed by atoms with Gasteiger partial charge in [0.25, 0.3) is 0 Å². The number of hydrogen-bond donors (Lipinski definition) is 1. The fourth-order valence-corrected chi connectivity index (χ4v) is 3.70. The van der Waals surface area contributed by atoms with Gasteiger partial charge in [-0.2, -0.15) is 5.10 Å². The van der Waals surface area contributed by atoms with Crippen molar-refractivity contribution in [3.05, 3.63) is 56.7 Å². The van der Waals surface area contributed by atoms with E-state index in [1.165, 1.54) is 37.7 Å². The Labute approximate surface area is 163 Å². The van der Waals surface area contributed by atoms with Crippen LogP contribution in [0.5, 0.6) is 0 Å². The second kappa shape index (κ2) is 8.39. The molecular weight excluding hydrogens is 377 g/mol. The van der Waals surface area contributed by atoms with E-state index in [1.807, 2.05) is 6.92 Å². The molecule has 3 nitrogen and oxygen atoms in total. The van der Waals surface area contributed by atoms with Crippen LogP contribution in [0.15, 0.2) is 35.4 Å². The molecule has 1 fully saturated rings. The Kier molecular flexibility index (Phi) is 6.21. The van der Waals surface area contributed by atoms with Crippen molar-refractivity contribution in [2.75, 3.05) is 5.43 Å². The number of halogens is 3. The van der Waals surface area contributed by atoms with Crippen LogP contribution in [-0.2, 0) is 0 Å². The first kappa shape index (κ1) is 18.5. The summed E-state index contributed by atoms with van der Waals surface area (Å²) in [4.78, 5) is 4.10. The predicted octanol–water partition coefficient (Wildman–Crippen LogP) is 6.93. The maximum Gasteiger partial charge on any atom is 0.166 e. The van der Waals surface area contributed by atoms with Gasteiger partial charge < -0.3 is 0 Å². The monoisotopic (exact) mass is 395 g/mol. The van der Waals surface area contributed by atoms with Crippen LogP contribution in [0.4, 0.5) is 5.82 Å². The normalized spacial score (nSPS) is 16.1. The van der Waals surface area contributed by atoms with Crippen molar-refractivity contribution < 1.29 is 0 Å². The molecule has 0 amide bonds. The first-order valence-electron chi connectivity index (χ1n) is 8.47. The Morgan fingerprint density at radius 1 is 1.04 bits per heavy atom. The largest absolute Gasteiger partial charge is 0.260 e. The van der Waals surface area contributed by atoms with Crippen molar-refractivity contribution in [3.8, 4) is 0 Å². The third kappa shape index (κ3) is 4.66. The average Bonchev–Trinajstić information content (AvgIpc) is 2.64. The maximum atomic E-state index is 6.10. The lowest BCUT2D eigenvalue weighted by molar-refractivity contribution is 0.443. The highest BCUT2D eigenvalue weighted by Gasteiger charge is 2.15. The van der Waals surface area contributed by atoms with Crippen molar-refractivity contribution in [1.82, 2.24) is 4.98 Å². The molecule has 1 saturated carbocycles. The first-order valence-corrected chi connectivity index (χ1v) is 9.60. The maximum absolute atomic E-state index is 6.10. The van der Waals surface area contributed by atoms with Crippen LogP contribution in [0.3, 0.4) is 0 Å². The summed E-state index contributed by atoms with van der Waals surface area (Å²) in [5.41, 5.74) is 6.19. The van der Waals surface area contributed by atoms with Crippen molar-refractivity contribution >= 4 is 46.3 Å². The van der Waals surface area contributed by atoms with Gasteiger partial charge in [0.05, 0.1) is 15.8 Å². The van der Waals surface area contributed by atoms with Gasteiger partial charge in [-0.1, -0.05) is 78.3 Å². The van der Waals surface area contributed by atoms with Gasteiger partial charge in [-0.05, 0) is 42.9 Å². The lowest BCUT2D eigenvalue weighted by Crippen LogP contribution is -2.05. The van der Waals surface area contributed by atoms with E-state index in [-0.39, 0.29) is 5.15 Å². The molecule has 1 heterocycles. The lowest BCUT2D eigenvalue weighted by Gasteiger charge is -2.22. The fourth-order valence-electron chi connectivity index (χ4n) is 3.16. The van der Waals surface area contributed by atoms with Gasteiger partial charge in [-0.15, -0.1) is 0 Å². The Morgan fingerprint density at radius 3 is 2.40 bits per heavy atom. The quantitative estimate of drug-likeness (QED) is 0.346. The minimum Gasteiger partial charge on any atom is -0.260 e. The average molecular weight is 397 g/mol. The third-order valence-corrected chi connectivity index (χ3v) is 5.58. The molecule has 0 spiro atoms. The number of nitrogens with zero attached hydrogens (tertiary/aromatic N) is 2. The van der Waals surface area contributed by atoms with Gasteiger partial charge in [0.15, 0.2) is 5.82 Å². The topological polar surface area (TPSA) is 37.3 Å². The molecule has 1 aliphatic rings. The molecule has 3 rings (SSSR count). The van der Waals surface area contributed by atoms with Gasteiger partial charge in [0.2, 0.25) is 0 Å². The van der Waals surface area contributed by atoms with Crippen molar-refractivity contribution in [3.63, 3.8) is 0 Å². The van der Waals surface area contributed by atoms with E-state index < -0.39 is 0 Å². The summed E-state index contributed by atoms with van der Waals surface area (Å²) in [6, 6.07) is 10.2. The number of nitrogens with one attached hydrogen (secondary N) is 1. The molecule has 6 heteroatoms. The van der Waals surface area contributed by atoms with E-state index >= 15 is 0 Å². The minimum atomic E-state index is 0.193. The summed E-state index contributed by atoms with van der Waals surface area (Å²) in [6.45, 7) is 1.94. The highest BCUT2D eigenvalue weighted by molar-refractivity contribution is 6.42. The molecule has 0 unspecified atom stereocenters.